The molecule has 3 rings (SSSR count). The van der Waals surface area contributed by atoms with Crippen LogP contribution in [-0.4, -0.2) is 30.1 Å². The lowest BCUT2D eigenvalue weighted by atomic mass is 10.0. The number of carbonyl (C=O) groups is 1. The summed E-state index contributed by atoms with van der Waals surface area (Å²) in [5, 5.41) is 0. The van der Waals surface area contributed by atoms with Crippen LogP contribution in [0.25, 0.3) is 5.57 Å². The molecular weight excluding hydrogens is 316 g/mol. The summed E-state index contributed by atoms with van der Waals surface area (Å²) in [6, 6.07) is 15.7. The minimum absolute atomic E-state index is 0.327. The first-order chi connectivity index (χ1) is 12.2. The molecule has 0 aliphatic carbocycles. The molecule has 2 aromatic rings. The van der Waals surface area contributed by atoms with Crippen LogP contribution in [0.15, 0.2) is 66.5 Å². The van der Waals surface area contributed by atoms with Gasteiger partial charge in [-0.15, -0.1) is 0 Å². The summed E-state index contributed by atoms with van der Waals surface area (Å²) in [6.07, 6.45) is 4.32. The van der Waals surface area contributed by atoms with Crippen LogP contribution in [-0.2, 0) is 16.1 Å². The van der Waals surface area contributed by atoms with E-state index in [-0.39, 0.29) is 5.97 Å². The highest BCUT2D eigenvalue weighted by Gasteiger charge is 2.20. The molecule has 5 nitrogen and oxygen atoms in total. The van der Waals surface area contributed by atoms with Crippen LogP contribution >= 0.6 is 0 Å². The molecule has 0 saturated heterocycles. The number of hydrogen-bond donors (Lipinski definition) is 0. The predicted molar refractivity (Wildman–Crippen MR) is 95.5 cm³/mol. The van der Waals surface area contributed by atoms with Gasteiger partial charge in [0.2, 0.25) is 5.88 Å². The molecule has 0 bridgehead atoms. The molecule has 0 saturated carbocycles. The normalized spacial score (nSPS) is 13.8. The molecule has 0 radical (unpaired) electrons. The number of aromatic nitrogens is 1. The maximum Gasteiger partial charge on any atom is 0.335 e. The number of carbonyl (C=O) groups excluding carboxylic acids is 1. The van der Waals surface area contributed by atoms with Crippen LogP contribution in [0.4, 0.5) is 0 Å². The van der Waals surface area contributed by atoms with E-state index in [1.807, 2.05) is 47.6 Å². The average molecular weight is 336 g/mol. The van der Waals surface area contributed by atoms with Crippen molar-refractivity contribution in [3.63, 3.8) is 0 Å². The van der Waals surface area contributed by atoms with Crippen molar-refractivity contribution in [2.75, 3.05) is 14.2 Å². The van der Waals surface area contributed by atoms with Crippen LogP contribution in [0.2, 0.25) is 0 Å². The molecule has 1 aromatic heterocycles. The molecule has 1 aromatic carbocycles. The van der Waals surface area contributed by atoms with Crippen LogP contribution in [0.1, 0.15) is 17.7 Å². The maximum absolute atomic E-state index is 12.1. The Bertz CT molecular complexity index is 813. The Balaban J connectivity index is 1.92. The highest BCUT2D eigenvalue weighted by Crippen LogP contribution is 2.29. The Morgan fingerprint density at radius 3 is 2.60 bits per heavy atom. The molecular formula is C20H20N2O3. The number of ether oxygens (including phenoxy) is 2. The second-order valence-electron chi connectivity index (χ2n) is 5.70. The van der Waals surface area contributed by atoms with Crippen molar-refractivity contribution in [3.05, 3.63) is 77.8 Å². The zero-order valence-electron chi connectivity index (χ0n) is 14.3. The Hall–Kier alpha value is -3.08. The summed E-state index contributed by atoms with van der Waals surface area (Å²) in [4.78, 5) is 18.5. The van der Waals surface area contributed by atoms with Crippen molar-refractivity contribution in [1.82, 2.24) is 9.88 Å². The van der Waals surface area contributed by atoms with Crippen molar-refractivity contribution in [2.24, 2.45) is 0 Å². The van der Waals surface area contributed by atoms with E-state index in [1.54, 1.807) is 13.2 Å². The van der Waals surface area contributed by atoms with Gasteiger partial charge in [-0.2, -0.15) is 0 Å². The molecule has 0 fully saturated rings. The fraction of sp³-hybridized carbons (Fsp3) is 0.200. The van der Waals surface area contributed by atoms with E-state index in [0.717, 1.165) is 16.8 Å². The minimum Gasteiger partial charge on any atom is -0.481 e. The van der Waals surface area contributed by atoms with Crippen LogP contribution in [0.5, 0.6) is 5.88 Å². The average Bonchev–Trinajstić information content (AvgIpc) is 2.68. The number of rotatable bonds is 5. The van der Waals surface area contributed by atoms with Crippen LogP contribution < -0.4 is 4.74 Å². The molecule has 1 aliphatic heterocycles. The van der Waals surface area contributed by atoms with Gasteiger partial charge in [-0.3, -0.25) is 0 Å². The Labute approximate surface area is 147 Å². The van der Waals surface area contributed by atoms with Gasteiger partial charge >= 0.3 is 5.97 Å². The number of nitrogens with zero attached hydrogens (tertiary/aromatic N) is 2. The summed E-state index contributed by atoms with van der Waals surface area (Å²) < 4.78 is 10.1. The fourth-order valence-electron chi connectivity index (χ4n) is 2.74. The lowest BCUT2D eigenvalue weighted by Crippen LogP contribution is -2.19. The standard InChI is InChI=1S/C20H20N2O3/c1-24-19-10-6-9-18(21-19)16-11-17(20(23)25-2)14-22(13-16)12-15-7-4-3-5-8-15/h3-10,13-14H,11-12H2,1-2H3. The second-order valence-corrected chi connectivity index (χ2v) is 5.70. The van der Waals surface area contributed by atoms with Gasteiger partial charge in [0.15, 0.2) is 0 Å². The number of allylic oxidation sites excluding steroid dienone is 1. The van der Waals surface area contributed by atoms with E-state index in [9.17, 15) is 4.79 Å². The molecule has 2 heterocycles. The van der Waals surface area contributed by atoms with Crippen molar-refractivity contribution >= 4 is 11.5 Å². The van der Waals surface area contributed by atoms with Gasteiger partial charge in [0.1, 0.15) is 0 Å². The van der Waals surface area contributed by atoms with E-state index < -0.39 is 0 Å². The number of esters is 1. The highest BCUT2D eigenvalue weighted by atomic mass is 16.5. The smallest absolute Gasteiger partial charge is 0.335 e. The zero-order valence-corrected chi connectivity index (χ0v) is 14.3. The fourth-order valence-corrected chi connectivity index (χ4v) is 2.74. The molecule has 25 heavy (non-hydrogen) atoms. The summed E-state index contributed by atoms with van der Waals surface area (Å²) in [7, 11) is 2.98. The summed E-state index contributed by atoms with van der Waals surface area (Å²) >= 11 is 0. The summed E-state index contributed by atoms with van der Waals surface area (Å²) in [6.45, 7) is 0.662. The number of pyridine rings is 1. The van der Waals surface area contributed by atoms with E-state index in [0.29, 0.717) is 24.4 Å². The highest BCUT2D eigenvalue weighted by molar-refractivity contribution is 5.92. The van der Waals surface area contributed by atoms with Crippen molar-refractivity contribution in [1.29, 1.82) is 0 Å². The Kier molecular flexibility index (Phi) is 5.14. The van der Waals surface area contributed by atoms with Crippen molar-refractivity contribution in [3.8, 4) is 5.88 Å². The SMILES string of the molecule is COC(=O)C1=CN(Cc2ccccc2)C=C(c2cccc(OC)n2)C1. The van der Waals surface area contributed by atoms with Gasteiger partial charge in [-0.05, 0) is 17.2 Å². The molecule has 128 valence electrons. The monoisotopic (exact) mass is 336 g/mol. The first-order valence-electron chi connectivity index (χ1n) is 8.00. The van der Waals surface area contributed by atoms with E-state index in [2.05, 4.69) is 17.1 Å². The zero-order chi connectivity index (χ0) is 17.6. The molecule has 0 atom stereocenters. The van der Waals surface area contributed by atoms with Crippen LogP contribution in [0.3, 0.4) is 0 Å². The summed E-state index contributed by atoms with van der Waals surface area (Å²) in [5.41, 5.74) is 3.48. The lowest BCUT2D eigenvalue weighted by Gasteiger charge is -2.24. The number of methoxy groups -OCH3 is 2. The van der Waals surface area contributed by atoms with Crippen molar-refractivity contribution in [2.45, 2.75) is 13.0 Å². The quantitative estimate of drug-likeness (QED) is 0.783. The third-order valence-corrected chi connectivity index (χ3v) is 3.94. The second kappa shape index (κ2) is 7.66. The molecule has 0 spiro atoms. The summed E-state index contributed by atoms with van der Waals surface area (Å²) in [5.74, 6) is 0.216. The van der Waals surface area contributed by atoms with E-state index in [4.69, 9.17) is 9.47 Å². The van der Waals surface area contributed by atoms with Gasteiger partial charge in [-0.1, -0.05) is 36.4 Å². The molecule has 0 amide bonds. The third-order valence-electron chi connectivity index (χ3n) is 3.94. The van der Waals surface area contributed by atoms with Gasteiger partial charge in [0.25, 0.3) is 0 Å². The first-order valence-corrected chi connectivity index (χ1v) is 8.00. The van der Waals surface area contributed by atoms with Gasteiger partial charge in [0, 0.05) is 31.4 Å². The Morgan fingerprint density at radius 2 is 1.88 bits per heavy atom. The molecule has 0 unspecified atom stereocenters. The minimum atomic E-state index is -0.327. The lowest BCUT2D eigenvalue weighted by molar-refractivity contribution is -0.136. The molecule has 1 aliphatic rings. The van der Waals surface area contributed by atoms with Crippen molar-refractivity contribution < 1.29 is 14.3 Å². The largest absolute Gasteiger partial charge is 0.481 e. The van der Waals surface area contributed by atoms with E-state index >= 15 is 0 Å². The maximum atomic E-state index is 12.1. The first kappa shape index (κ1) is 16.8. The number of benzene rings is 1. The number of hydrogen-bond acceptors (Lipinski definition) is 5. The molecule has 0 N–H and O–H groups in total. The van der Waals surface area contributed by atoms with Crippen LogP contribution in [0, 0.1) is 0 Å². The Morgan fingerprint density at radius 1 is 1.08 bits per heavy atom. The van der Waals surface area contributed by atoms with Gasteiger partial charge in [-0.25, -0.2) is 9.78 Å². The van der Waals surface area contributed by atoms with Gasteiger partial charge in [0.05, 0.1) is 25.5 Å². The third kappa shape index (κ3) is 4.07. The van der Waals surface area contributed by atoms with Gasteiger partial charge < -0.3 is 14.4 Å². The van der Waals surface area contributed by atoms with E-state index in [1.165, 1.54) is 7.11 Å². The molecule has 5 heteroatoms. The topological polar surface area (TPSA) is 51.7 Å². The predicted octanol–water partition coefficient (Wildman–Crippen LogP) is 3.39.